The Bertz CT molecular complexity index is 552. The Kier molecular flexibility index (Phi) is 6.48. The molecule has 6 nitrogen and oxygen atoms in total. The van der Waals surface area contributed by atoms with Gasteiger partial charge in [-0.05, 0) is 6.92 Å². The molecule has 1 amide bonds. The van der Waals surface area contributed by atoms with Crippen LogP contribution >= 0.6 is 11.3 Å². The van der Waals surface area contributed by atoms with E-state index in [-0.39, 0.29) is 28.6 Å². The molecule has 21 heavy (non-hydrogen) atoms. The fourth-order valence-electron chi connectivity index (χ4n) is 1.55. The molecule has 0 radical (unpaired) electrons. The molecule has 1 aromatic rings. The van der Waals surface area contributed by atoms with Crippen LogP contribution in [-0.2, 0) is 4.74 Å². The highest BCUT2D eigenvalue weighted by Crippen LogP contribution is 2.36. The highest BCUT2D eigenvalue weighted by atomic mass is 32.1. The summed E-state index contributed by atoms with van der Waals surface area (Å²) < 4.78 is 4.98. The minimum absolute atomic E-state index is 0.117. The number of nitrogens with two attached hydrogens (primary N) is 1. The van der Waals surface area contributed by atoms with E-state index in [1.807, 2.05) is 0 Å². The summed E-state index contributed by atoms with van der Waals surface area (Å²) in [5.74, 6) is -0.907. The molecule has 0 saturated carbocycles. The van der Waals surface area contributed by atoms with E-state index in [1.165, 1.54) is 0 Å². The van der Waals surface area contributed by atoms with E-state index in [2.05, 4.69) is 23.8 Å². The Balaban J connectivity index is 3.16. The molecule has 0 unspecified atom stereocenters. The molecule has 4 N–H and O–H groups in total. The van der Waals surface area contributed by atoms with E-state index >= 15 is 0 Å². The SMILES string of the molecule is C=CCNC(=O)c1sc(NCC=C)c(C(=O)OCC)c1N. The minimum Gasteiger partial charge on any atom is -0.462 e. The van der Waals surface area contributed by atoms with Gasteiger partial charge in [0.25, 0.3) is 5.91 Å². The number of esters is 1. The van der Waals surface area contributed by atoms with Crippen LogP contribution in [0.3, 0.4) is 0 Å². The zero-order chi connectivity index (χ0) is 15.8. The lowest BCUT2D eigenvalue weighted by Gasteiger charge is -2.05. The van der Waals surface area contributed by atoms with Crippen LogP contribution in [0.15, 0.2) is 25.3 Å². The van der Waals surface area contributed by atoms with Gasteiger partial charge in [-0.25, -0.2) is 4.79 Å². The molecule has 0 aliphatic heterocycles. The van der Waals surface area contributed by atoms with Crippen molar-refractivity contribution in [3.05, 3.63) is 35.8 Å². The van der Waals surface area contributed by atoms with Gasteiger partial charge < -0.3 is 21.1 Å². The average molecular weight is 309 g/mol. The molecule has 0 spiro atoms. The summed E-state index contributed by atoms with van der Waals surface area (Å²) in [4.78, 5) is 24.3. The number of nitrogen functional groups attached to an aromatic ring is 1. The van der Waals surface area contributed by atoms with Crippen LogP contribution in [0.1, 0.15) is 27.0 Å². The summed E-state index contributed by atoms with van der Waals surface area (Å²) in [6.45, 7) is 9.82. The third kappa shape index (κ3) is 4.09. The average Bonchev–Trinajstić information content (AvgIpc) is 2.79. The highest BCUT2D eigenvalue weighted by Gasteiger charge is 2.26. The molecule has 0 fully saturated rings. The first kappa shape index (κ1) is 16.8. The van der Waals surface area contributed by atoms with Crippen LogP contribution in [-0.4, -0.2) is 31.6 Å². The van der Waals surface area contributed by atoms with Crippen LogP contribution in [0.2, 0.25) is 0 Å². The second kappa shape index (κ2) is 8.11. The number of ether oxygens (including phenoxy) is 1. The van der Waals surface area contributed by atoms with Crippen LogP contribution in [0.25, 0.3) is 0 Å². The van der Waals surface area contributed by atoms with Gasteiger partial charge in [-0.3, -0.25) is 4.79 Å². The van der Waals surface area contributed by atoms with Gasteiger partial charge in [-0.2, -0.15) is 0 Å². The topological polar surface area (TPSA) is 93.5 Å². The lowest BCUT2D eigenvalue weighted by Crippen LogP contribution is -2.23. The van der Waals surface area contributed by atoms with Gasteiger partial charge in [0.1, 0.15) is 15.4 Å². The predicted octanol–water partition coefficient (Wildman–Crippen LogP) is 2.02. The summed E-state index contributed by atoms with van der Waals surface area (Å²) in [5, 5.41) is 6.12. The number of nitrogens with one attached hydrogen (secondary N) is 2. The second-order valence-electron chi connectivity index (χ2n) is 3.94. The number of rotatable bonds is 8. The summed E-state index contributed by atoms with van der Waals surface area (Å²) in [6.07, 6.45) is 3.20. The first-order valence-corrected chi connectivity index (χ1v) is 7.21. The van der Waals surface area contributed by atoms with Crippen molar-refractivity contribution in [1.29, 1.82) is 0 Å². The quantitative estimate of drug-likeness (QED) is 0.504. The molecule has 7 heteroatoms. The number of amides is 1. The van der Waals surface area contributed by atoms with E-state index < -0.39 is 5.97 Å². The van der Waals surface area contributed by atoms with Crippen molar-refractivity contribution >= 4 is 33.9 Å². The molecular weight excluding hydrogens is 290 g/mol. The van der Waals surface area contributed by atoms with Crippen molar-refractivity contribution in [2.45, 2.75) is 6.92 Å². The third-order valence-corrected chi connectivity index (χ3v) is 3.61. The molecule has 114 valence electrons. The number of anilines is 2. The Labute approximate surface area is 127 Å². The van der Waals surface area contributed by atoms with E-state index in [1.54, 1.807) is 19.1 Å². The molecule has 0 aliphatic carbocycles. The number of hydrogen-bond donors (Lipinski definition) is 3. The van der Waals surface area contributed by atoms with Gasteiger partial charge in [0.05, 0.1) is 12.3 Å². The fraction of sp³-hybridized carbons (Fsp3) is 0.286. The van der Waals surface area contributed by atoms with Crippen molar-refractivity contribution in [2.75, 3.05) is 30.7 Å². The summed E-state index contributed by atoms with van der Waals surface area (Å²) in [5.41, 5.74) is 6.24. The molecule has 0 aromatic carbocycles. The van der Waals surface area contributed by atoms with Gasteiger partial charge in [0.2, 0.25) is 0 Å². The first-order valence-electron chi connectivity index (χ1n) is 6.40. The zero-order valence-electron chi connectivity index (χ0n) is 11.9. The Morgan fingerprint density at radius 1 is 1.33 bits per heavy atom. The molecular formula is C14H19N3O3S. The van der Waals surface area contributed by atoms with Crippen LogP contribution < -0.4 is 16.4 Å². The molecule has 0 saturated heterocycles. The molecule has 1 aromatic heterocycles. The number of hydrogen-bond acceptors (Lipinski definition) is 6. The van der Waals surface area contributed by atoms with Crippen molar-refractivity contribution < 1.29 is 14.3 Å². The Hall–Kier alpha value is -2.28. The molecule has 0 aliphatic rings. The normalized spacial score (nSPS) is 9.76. The number of carbonyl (C=O) groups is 2. The van der Waals surface area contributed by atoms with E-state index in [0.29, 0.717) is 18.1 Å². The minimum atomic E-state index is -0.555. The van der Waals surface area contributed by atoms with Crippen LogP contribution in [0.5, 0.6) is 0 Å². The van der Waals surface area contributed by atoms with Crippen molar-refractivity contribution in [1.82, 2.24) is 5.32 Å². The van der Waals surface area contributed by atoms with Crippen LogP contribution in [0.4, 0.5) is 10.7 Å². The van der Waals surface area contributed by atoms with Crippen molar-refractivity contribution in [2.24, 2.45) is 0 Å². The fourth-order valence-corrected chi connectivity index (χ4v) is 2.58. The largest absolute Gasteiger partial charge is 0.462 e. The highest BCUT2D eigenvalue weighted by molar-refractivity contribution is 7.19. The summed E-state index contributed by atoms with van der Waals surface area (Å²) in [7, 11) is 0. The molecule has 0 bridgehead atoms. The smallest absolute Gasteiger partial charge is 0.343 e. The second-order valence-corrected chi connectivity index (χ2v) is 4.96. The van der Waals surface area contributed by atoms with E-state index in [9.17, 15) is 9.59 Å². The van der Waals surface area contributed by atoms with Gasteiger partial charge in [0, 0.05) is 13.1 Å². The van der Waals surface area contributed by atoms with Crippen molar-refractivity contribution in [3.8, 4) is 0 Å². The lowest BCUT2D eigenvalue weighted by molar-refractivity contribution is 0.0529. The standard InChI is InChI=1S/C14H19N3O3S/c1-4-7-16-12(18)11-10(15)9(14(19)20-6-3)13(21-11)17-8-5-2/h4-5,17H,1-2,6-8,15H2,3H3,(H,16,18). The number of carbonyl (C=O) groups excluding carboxylic acids is 2. The monoisotopic (exact) mass is 309 g/mol. The maximum atomic E-state index is 12.0. The molecule has 0 atom stereocenters. The number of thiophene rings is 1. The first-order chi connectivity index (χ1) is 10.1. The van der Waals surface area contributed by atoms with Crippen LogP contribution in [0, 0.1) is 0 Å². The maximum Gasteiger partial charge on any atom is 0.343 e. The van der Waals surface area contributed by atoms with Gasteiger partial charge in [-0.1, -0.05) is 12.2 Å². The van der Waals surface area contributed by atoms with Gasteiger partial charge in [0.15, 0.2) is 0 Å². The molecule has 1 rings (SSSR count). The van der Waals surface area contributed by atoms with Crippen molar-refractivity contribution in [3.63, 3.8) is 0 Å². The predicted molar refractivity (Wildman–Crippen MR) is 85.9 cm³/mol. The summed E-state index contributed by atoms with van der Waals surface area (Å²) in [6, 6.07) is 0. The lowest BCUT2D eigenvalue weighted by atomic mass is 10.2. The maximum absolute atomic E-state index is 12.0. The van der Waals surface area contributed by atoms with Gasteiger partial charge in [-0.15, -0.1) is 24.5 Å². The molecule has 1 heterocycles. The zero-order valence-corrected chi connectivity index (χ0v) is 12.7. The third-order valence-electron chi connectivity index (χ3n) is 2.44. The van der Waals surface area contributed by atoms with E-state index in [4.69, 9.17) is 10.5 Å². The van der Waals surface area contributed by atoms with E-state index in [0.717, 1.165) is 11.3 Å². The Morgan fingerprint density at radius 3 is 2.57 bits per heavy atom. The van der Waals surface area contributed by atoms with Gasteiger partial charge >= 0.3 is 5.97 Å². The summed E-state index contributed by atoms with van der Waals surface area (Å²) >= 11 is 1.11. The Morgan fingerprint density at radius 2 is 2.00 bits per heavy atom.